The van der Waals surface area contributed by atoms with Gasteiger partial charge in [0.1, 0.15) is 12.4 Å². The Labute approximate surface area is 204 Å². The van der Waals surface area contributed by atoms with E-state index in [1.807, 2.05) is 0 Å². The van der Waals surface area contributed by atoms with Crippen LogP contribution in [0.5, 0.6) is 11.5 Å². The maximum atomic E-state index is 15.0. The zero-order valence-corrected chi connectivity index (χ0v) is 20.1. The number of aliphatic hydroxyl groups is 1. The van der Waals surface area contributed by atoms with Crippen LogP contribution in [0.3, 0.4) is 0 Å². The quantitative estimate of drug-likeness (QED) is 0.362. The minimum atomic E-state index is -0.848. The van der Waals surface area contributed by atoms with Gasteiger partial charge in [-0.05, 0) is 92.3 Å². The van der Waals surface area contributed by atoms with E-state index in [-0.39, 0.29) is 35.9 Å². The maximum absolute atomic E-state index is 15.0. The number of hydrogen-bond acceptors (Lipinski definition) is 3. The van der Waals surface area contributed by atoms with E-state index in [4.69, 9.17) is 9.47 Å². The average Bonchev–Trinajstić information content (AvgIpc) is 2.86. The van der Waals surface area contributed by atoms with Gasteiger partial charge < -0.3 is 14.6 Å². The minimum Gasteiger partial charge on any atom is -0.491 e. The molecule has 3 nitrogen and oxygen atoms in total. The Morgan fingerprint density at radius 1 is 0.886 bits per heavy atom. The highest BCUT2D eigenvalue weighted by atomic mass is 19.2. The van der Waals surface area contributed by atoms with Gasteiger partial charge in [-0.3, -0.25) is 0 Å². The van der Waals surface area contributed by atoms with Crippen molar-refractivity contribution in [1.82, 2.24) is 0 Å². The molecule has 0 aliphatic heterocycles. The third kappa shape index (κ3) is 5.81. The molecule has 1 atom stereocenters. The van der Waals surface area contributed by atoms with Crippen LogP contribution in [0.4, 0.5) is 13.2 Å². The summed E-state index contributed by atoms with van der Waals surface area (Å²) in [5.74, 6) is -1.15. The van der Waals surface area contributed by atoms with Gasteiger partial charge in [0.05, 0.1) is 12.7 Å². The molecule has 1 fully saturated rings. The van der Waals surface area contributed by atoms with Gasteiger partial charge in [0.15, 0.2) is 23.2 Å². The summed E-state index contributed by atoms with van der Waals surface area (Å²) >= 11 is 0. The molecular weight excluding hydrogens is 453 g/mol. The first-order valence-electron chi connectivity index (χ1n) is 12.2. The smallest absolute Gasteiger partial charge is 0.166 e. The monoisotopic (exact) mass is 484 g/mol. The molecule has 186 valence electrons. The van der Waals surface area contributed by atoms with Crippen LogP contribution in [-0.4, -0.2) is 17.8 Å². The molecule has 0 heterocycles. The Morgan fingerprint density at radius 2 is 1.60 bits per heavy atom. The maximum Gasteiger partial charge on any atom is 0.166 e. The second-order valence-corrected chi connectivity index (χ2v) is 9.19. The first kappa shape index (κ1) is 25.1. The summed E-state index contributed by atoms with van der Waals surface area (Å²) in [6, 6.07) is 14.7. The summed E-state index contributed by atoms with van der Waals surface area (Å²) < 4.78 is 54.9. The van der Waals surface area contributed by atoms with Crippen LogP contribution >= 0.6 is 0 Å². The molecule has 35 heavy (non-hydrogen) atoms. The zero-order valence-electron chi connectivity index (χ0n) is 20.1. The molecule has 0 amide bonds. The number of rotatable bonds is 8. The molecule has 1 aliphatic carbocycles. The summed E-state index contributed by atoms with van der Waals surface area (Å²) in [4.78, 5) is 0. The number of hydrogen-bond donors (Lipinski definition) is 1. The molecule has 3 aromatic carbocycles. The molecular formula is C29H31F3O3. The van der Waals surface area contributed by atoms with Crippen LogP contribution < -0.4 is 9.47 Å². The summed E-state index contributed by atoms with van der Waals surface area (Å²) in [5, 5.41) is 9.78. The predicted molar refractivity (Wildman–Crippen MR) is 130 cm³/mol. The van der Waals surface area contributed by atoms with Crippen molar-refractivity contribution in [3.05, 3.63) is 83.2 Å². The van der Waals surface area contributed by atoms with E-state index >= 15 is 4.39 Å². The van der Waals surface area contributed by atoms with Crippen LogP contribution in [0, 0.1) is 23.4 Å². The standard InChI is InChI=1S/C29H31F3O3/c1-3-34-27-15-4-19(16-26(27)30)17-35-23-11-9-22(10-12-23)25-14-13-24(28(31)29(25)32)21-7-5-20(6-8-21)18(2)33/h4,9-16,18,20-21,33H,3,5-8,17H2,1-2H3. The van der Waals surface area contributed by atoms with E-state index in [0.29, 0.717) is 29.0 Å². The van der Waals surface area contributed by atoms with Crippen molar-refractivity contribution < 1.29 is 27.8 Å². The van der Waals surface area contributed by atoms with Gasteiger partial charge in [-0.2, -0.15) is 0 Å². The fourth-order valence-electron chi connectivity index (χ4n) is 4.82. The predicted octanol–water partition coefficient (Wildman–Crippen LogP) is 7.40. The lowest BCUT2D eigenvalue weighted by molar-refractivity contribution is 0.0964. The zero-order chi connectivity index (χ0) is 24.9. The van der Waals surface area contributed by atoms with Gasteiger partial charge in [-0.25, -0.2) is 13.2 Å². The van der Waals surface area contributed by atoms with E-state index in [2.05, 4.69) is 0 Å². The van der Waals surface area contributed by atoms with Crippen molar-refractivity contribution in [3.8, 4) is 22.6 Å². The van der Waals surface area contributed by atoms with Crippen molar-refractivity contribution in [3.63, 3.8) is 0 Å². The minimum absolute atomic E-state index is 0.0308. The van der Waals surface area contributed by atoms with Crippen LogP contribution in [0.15, 0.2) is 54.6 Å². The second-order valence-electron chi connectivity index (χ2n) is 9.19. The fourth-order valence-corrected chi connectivity index (χ4v) is 4.82. The summed E-state index contributed by atoms with van der Waals surface area (Å²) in [5.41, 5.74) is 1.81. The lowest BCUT2D eigenvalue weighted by Gasteiger charge is -2.30. The van der Waals surface area contributed by atoms with Crippen molar-refractivity contribution in [2.75, 3.05) is 6.61 Å². The largest absolute Gasteiger partial charge is 0.491 e. The highest BCUT2D eigenvalue weighted by Gasteiger charge is 2.28. The van der Waals surface area contributed by atoms with Crippen LogP contribution in [0.2, 0.25) is 0 Å². The van der Waals surface area contributed by atoms with E-state index in [1.54, 1.807) is 62.4 Å². The molecule has 6 heteroatoms. The Hall–Kier alpha value is -2.99. The van der Waals surface area contributed by atoms with Crippen LogP contribution in [0.25, 0.3) is 11.1 Å². The number of benzene rings is 3. The normalized spacial score (nSPS) is 18.8. The van der Waals surface area contributed by atoms with E-state index in [9.17, 15) is 13.9 Å². The van der Waals surface area contributed by atoms with Crippen molar-refractivity contribution in [2.24, 2.45) is 5.92 Å². The van der Waals surface area contributed by atoms with Gasteiger partial charge in [0.2, 0.25) is 0 Å². The molecule has 1 aliphatic rings. The molecule has 0 radical (unpaired) electrons. The van der Waals surface area contributed by atoms with Crippen molar-refractivity contribution >= 4 is 0 Å². The Kier molecular flexibility index (Phi) is 8.01. The van der Waals surface area contributed by atoms with E-state index in [1.165, 1.54) is 6.07 Å². The van der Waals surface area contributed by atoms with Gasteiger partial charge in [0, 0.05) is 5.56 Å². The molecule has 1 N–H and O–H groups in total. The molecule has 0 spiro atoms. The van der Waals surface area contributed by atoms with Crippen LogP contribution in [-0.2, 0) is 6.61 Å². The number of halogens is 3. The number of aliphatic hydroxyl groups excluding tert-OH is 1. The lowest BCUT2D eigenvalue weighted by Crippen LogP contribution is -2.23. The average molecular weight is 485 g/mol. The molecule has 0 bridgehead atoms. The van der Waals surface area contributed by atoms with E-state index in [0.717, 1.165) is 25.7 Å². The summed E-state index contributed by atoms with van der Waals surface area (Å²) in [6.07, 6.45) is 2.76. The van der Waals surface area contributed by atoms with Crippen molar-refractivity contribution in [2.45, 2.75) is 58.2 Å². The Morgan fingerprint density at radius 3 is 2.23 bits per heavy atom. The van der Waals surface area contributed by atoms with Gasteiger partial charge in [-0.15, -0.1) is 0 Å². The summed E-state index contributed by atoms with van der Waals surface area (Å²) in [7, 11) is 0. The van der Waals surface area contributed by atoms with Crippen molar-refractivity contribution in [1.29, 1.82) is 0 Å². The lowest BCUT2D eigenvalue weighted by atomic mass is 9.76. The van der Waals surface area contributed by atoms with E-state index < -0.39 is 17.5 Å². The van der Waals surface area contributed by atoms with Gasteiger partial charge >= 0.3 is 0 Å². The third-order valence-corrected chi connectivity index (χ3v) is 6.87. The van der Waals surface area contributed by atoms with Crippen LogP contribution in [0.1, 0.15) is 56.6 Å². The third-order valence-electron chi connectivity index (χ3n) is 6.87. The highest BCUT2D eigenvalue weighted by molar-refractivity contribution is 5.65. The first-order chi connectivity index (χ1) is 16.9. The molecule has 0 aromatic heterocycles. The Balaban J connectivity index is 1.42. The van der Waals surface area contributed by atoms with Gasteiger partial charge in [-0.1, -0.05) is 30.3 Å². The second kappa shape index (κ2) is 11.2. The molecule has 1 unspecified atom stereocenters. The molecule has 1 saturated carbocycles. The molecule has 0 saturated heterocycles. The SMILES string of the molecule is CCOc1ccc(COc2ccc(-c3ccc(C4CCC(C(C)O)CC4)c(F)c3F)cc2)cc1F. The highest BCUT2D eigenvalue weighted by Crippen LogP contribution is 2.40. The topological polar surface area (TPSA) is 38.7 Å². The fraction of sp³-hybridized carbons (Fsp3) is 0.379. The van der Waals surface area contributed by atoms with Gasteiger partial charge in [0.25, 0.3) is 0 Å². The summed E-state index contributed by atoms with van der Waals surface area (Å²) in [6.45, 7) is 4.13. The first-order valence-corrected chi connectivity index (χ1v) is 12.2. The molecule has 4 rings (SSSR count). The number of ether oxygens (including phenoxy) is 2. The Bertz CT molecular complexity index is 1140. The molecule has 3 aromatic rings.